The fraction of sp³-hybridized carbons (Fsp3) is 0.400. The van der Waals surface area contributed by atoms with Crippen LogP contribution in [0.4, 0.5) is 4.39 Å². The fourth-order valence-electron chi connectivity index (χ4n) is 3.73. The molecule has 1 aliphatic rings. The summed E-state index contributed by atoms with van der Waals surface area (Å²) in [4.78, 5) is 31.4. The van der Waals surface area contributed by atoms with E-state index in [4.69, 9.17) is 4.52 Å². The van der Waals surface area contributed by atoms with E-state index in [1.54, 1.807) is 29.4 Å². The summed E-state index contributed by atoms with van der Waals surface area (Å²) in [5, 5.41) is 4.21. The molecule has 4 rings (SSSR count). The molecular weight excluding hydrogens is 363 g/mol. The number of hydrogen-bond donors (Lipinski definition) is 0. The zero-order valence-corrected chi connectivity index (χ0v) is 15.8. The molecule has 0 spiro atoms. The van der Waals surface area contributed by atoms with Gasteiger partial charge in [-0.1, -0.05) is 5.16 Å². The van der Waals surface area contributed by atoms with Crippen LogP contribution in [0.3, 0.4) is 0 Å². The van der Waals surface area contributed by atoms with Crippen LogP contribution in [0.25, 0.3) is 10.9 Å². The normalized spacial score (nSPS) is 15.3. The largest absolute Gasteiger partial charge is 0.361 e. The van der Waals surface area contributed by atoms with Gasteiger partial charge in [-0.25, -0.2) is 9.37 Å². The van der Waals surface area contributed by atoms with Gasteiger partial charge in [0.25, 0.3) is 11.5 Å². The number of amides is 1. The third kappa shape index (κ3) is 3.42. The maximum atomic E-state index is 13.4. The van der Waals surface area contributed by atoms with Crippen molar-refractivity contribution in [1.29, 1.82) is 0 Å². The van der Waals surface area contributed by atoms with Gasteiger partial charge in [-0.2, -0.15) is 0 Å². The molecule has 28 heavy (non-hydrogen) atoms. The summed E-state index contributed by atoms with van der Waals surface area (Å²) in [6, 6.07) is 5.68. The highest BCUT2D eigenvalue weighted by Crippen LogP contribution is 2.21. The smallest absolute Gasteiger partial charge is 0.276 e. The zero-order valence-electron chi connectivity index (χ0n) is 15.8. The lowest BCUT2D eigenvalue weighted by atomic mass is 9.96. The number of carbonyl (C=O) groups excluding carboxylic acids is 1. The van der Waals surface area contributed by atoms with Crippen molar-refractivity contribution >= 4 is 16.8 Å². The minimum Gasteiger partial charge on any atom is -0.361 e. The van der Waals surface area contributed by atoms with Crippen LogP contribution in [0.5, 0.6) is 0 Å². The van der Waals surface area contributed by atoms with Crippen molar-refractivity contribution in [3.63, 3.8) is 0 Å². The number of benzene rings is 1. The molecule has 0 N–H and O–H groups in total. The molecule has 1 amide bonds. The summed E-state index contributed by atoms with van der Waals surface area (Å²) in [7, 11) is 0. The molecule has 2 aromatic heterocycles. The number of likely N-dealkylation sites (tertiary alicyclic amines) is 1. The first-order valence-corrected chi connectivity index (χ1v) is 9.31. The lowest BCUT2D eigenvalue weighted by molar-refractivity contribution is 0.0671. The molecule has 1 saturated heterocycles. The van der Waals surface area contributed by atoms with Crippen molar-refractivity contribution in [2.45, 2.75) is 33.2 Å². The number of nitrogens with zero attached hydrogens (tertiary/aromatic N) is 4. The Bertz CT molecular complexity index is 1100. The quantitative estimate of drug-likeness (QED) is 0.694. The van der Waals surface area contributed by atoms with Crippen molar-refractivity contribution in [2.75, 3.05) is 13.1 Å². The first kappa shape index (κ1) is 18.3. The van der Waals surface area contributed by atoms with Crippen LogP contribution >= 0.6 is 0 Å². The van der Waals surface area contributed by atoms with Crippen LogP contribution in [-0.2, 0) is 6.54 Å². The van der Waals surface area contributed by atoms with Gasteiger partial charge in [0.2, 0.25) is 0 Å². The predicted octanol–water partition coefficient (Wildman–Crippen LogP) is 2.69. The van der Waals surface area contributed by atoms with Gasteiger partial charge in [0.1, 0.15) is 17.4 Å². The summed E-state index contributed by atoms with van der Waals surface area (Å²) in [6.45, 7) is 5.26. The van der Waals surface area contributed by atoms with Crippen LogP contribution in [0.2, 0.25) is 0 Å². The molecule has 146 valence electrons. The van der Waals surface area contributed by atoms with Gasteiger partial charge in [0, 0.05) is 31.8 Å². The van der Waals surface area contributed by atoms with E-state index in [1.165, 1.54) is 18.2 Å². The van der Waals surface area contributed by atoms with E-state index in [1.807, 2.05) is 0 Å². The van der Waals surface area contributed by atoms with E-state index in [-0.39, 0.29) is 17.4 Å². The molecule has 1 aromatic carbocycles. The second kappa shape index (κ2) is 7.18. The van der Waals surface area contributed by atoms with E-state index < -0.39 is 5.82 Å². The lowest BCUT2D eigenvalue weighted by Crippen LogP contribution is -2.40. The van der Waals surface area contributed by atoms with E-state index in [2.05, 4.69) is 10.1 Å². The van der Waals surface area contributed by atoms with Gasteiger partial charge in [-0.3, -0.25) is 14.2 Å². The van der Waals surface area contributed by atoms with E-state index >= 15 is 0 Å². The summed E-state index contributed by atoms with van der Waals surface area (Å²) in [5.41, 5.74) is 0.551. The number of hydrogen-bond acceptors (Lipinski definition) is 5. The van der Waals surface area contributed by atoms with Crippen molar-refractivity contribution in [1.82, 2.24) is 19.6 Å². The molecule has 0 atom stereocenters. The second-order valence-corrected chi connectivity index (χ2v) is 7.29. The van der Waals surface area contributed by atoms with Crippen molar-refractivity contribution in [3.05, 3.63) is 57.7 Å². The highest BCUT2D eigenvalue weighted by atomic mass is 19.1. The van der Waals surface area contributed by atoms with Crippen LogP contribution in [0, 0.1) is 25.6 Å². The number of piperidine rings is 1. The molecule has 1 fully saturated rings. The molecule has 1 aliphatic heterocycles. The Morgan fingerprint density at radius 1 is 1.25 bits per heavy atom. The molecule has 0 unspecified atom stereocenters. The van der Waals surface area contributed by atoms with Crippen molar-refractivity contribution < 1.29 is 13.7 Å². The molecule has 3 heterocycles. The molecule has 0 radical (unpaired) electrons. The highest BCUT2D eigenvalue weighted by Gasteiger charge is 2.26. The van der Waals surface area contributed by atoms with Gasteiger partial charge < -0.3 is 9.42 Å². The highest BCUT2D eigenvalue weighted by molar-refractivity contribution is 5.92. The van der Waals surface area contributed by atoms with Gasteiger partial charge in [-0.15, -0.1) is 0 Å². The maximum Gasteiger partial charge on any atom is 0.276 e. The number of rotatable bonds is 3. The second-order valence-electron chi connectivity index (χ2n) is 7.29. The van der Waals surface area contributed by atoms with Gasteiger partial charge in [0.05, 0.1) is 10.9 Å². The summed E-state index contributed by atoms with van der Waals surface area (Å²) < 4.78 is 20.0. The number of carbonyl (C=O) groups is 1. The number of aryl methyl sites for hydroxylation is 2. The first-order valence-electron chi connectivity index (χ1n) is 9.31. The van der Waals surface area contributed by atoms with Crippen molar-refractivity contribution in [3.8, 4) is 0 Å². The summed E-state index contributed by atoms with van der Waals surface area (Å²) >= 11 is 0. The molecule has 0 aliphatic carbocycles. The van der Waals surface area contributed by atoms with Crippen molar-refractivity contribution in [2.24, 2.45) is 5.92 Å². The summed E-state index contributed by atoms with van der Waals surface area (Å²) in [6.07, 6.45) is 1.58. The third-order valence-electron chi connectivity index (χ3n) is 5.30. The first-order chi connectivity index (χ1) is 13.4. The number of halogens is 1. The minimum atomic E-state index is -0.407. The van der Waals surface area contributed by atoms with Crippen LogP contribution < -0.4 is 5.56 Å². The van der Waals surface area contributed by atoms with Crippen LogP contribution in [-0.4, -0.2) is 38.6 Å². The zero-order chi connectivity index (χ0) is 19.8. The average Bonchev–Trinajstić information content (AvgIpc) is 3.11. The molecule has 3 aromatic rings. The molecule has 7 nitrogen and oxygen atoms in total. The Labute approximate surface area is 160 Å². The number of fused-ring (bicyclic) bond motifs is 1. The third-order valence-corrected chi connectivity index (χ3v) is 5.30. The molecule has 0 bridgehead atoms. The minimum absolute atomic E-state index is 0.127. The van der Waals surface area contributed by atoms with Gasteiger partial charge in [-0.05, 0) is 44.7 Å². The molecule has 8 heteroatoms. The van der Waals surface area contributed by atoms with Crippen LogP contribution in [0.1, 0.15) is 34.9 Å². The molecule has 0 saturated carbocycles. The monoisotopic (exact) mass is 384 g/mol. The molecular formula is C20H21FN4O3. The fourth-order valence-corrected chi connectivity index (χ4v) is 3.73. The van der Waals surface area contributed by atoms with Gasteiger partial charge >= 0.3 is 0 Å². The Kier molecular flexibility index (Phi) is 4.70. The van der Waals surface area contributed by atoms with Crippen LogP contribution in [0.15, 0.2) is 33.6 Å². The Morgan fingerprint density at radius 2 is 2.00 bits per heavy atom. The standard InChI is InChI=1S/C20H21FN4O3/c1-12-9-18(23-28-12)20(27)24-7-5-14(6-8-24)11-25-13(2)22-17-10-15(21)3-4-16(17)19(25)26/h3-4,9-10,14H,5-8,11H2,1-2H3. The Hall–Kier alpha value is -3.03. The topological polar surface area (TPSA) is 81.2 Å². The average molecular weight is 384 g/mol. The number of aromatic nitrogens is 3. The maximum absolute atomic E-state index is 13.4. The van der Waals surface area contributed by atoms with E-state index in [9.17, 15) is 14.0 Å². The van der Waals surface area contributed by atoms with Gasteiger partial charge in [0.15, 0.2) is 5.69 Å². The summed E-state index contributed by atoms with van der Waals surface area (Å²) in [5.74, 6) is 0.907. The Morgan fingerprint density at radius 3 is 2.68 bits per heavy atom. The SMILES string of the molecule is Cc1cc(C(=O)N2CCC(Cn3c(C)nc4cc(F)ccc4c3=O)CC2)no1. The predicted molar refractivity (Wildman–Crippen MR) is 101 cm³/mol. The van der Waals surface area contributed by atoms with E-state index in [0.29, 0.717) is 47.8 Å². The Balaban J connectivity index is 1.47. The van der Waals surface area contributed by atoms with E-state index in [0.717, 1.165) is 12.8 Å². The lowest BCUT2D eigenvalue weighted by Gasteiger charge is -2.32.